The summed E-state index contributed by atoms with van der Waals surface area (Å²) in [5.74, 6) is 0.447. The molecule has 0 atom stereocenters. The molecule has 0 fully saturated rings. The number of pyridine rings is 1. The Morgan fingerprint density at radius 2 is 1.33 bits per heavy atom. The van der Waals surface area contributed by atoms with Crippen LogP contribution in [0, 0.1) is 0 Å². The molecule has 0 amide bonds. The maximum Gasteiger partial charge on any atom is 0.227 e. The first-order valence-corrected chi connectivity index (χ1v) is 7.98. The van der Waals surface area contributed by atoms with Crippen LogP contribution in [0.2, 0.25) is 10.6 Å². The number of hydrogen-bond donors (Lipinski definition) is 0. The van der Waals surface area contributed by atoms with Gasteiger partial charge in [-0.25, -0.2) is 0 Å². The van der Waals surface area contributed by atoms with E-state index < -0.39 is 0 Å². The summed E-state index contributed by atoms with van der Waals surface area (Å²) in [7, 11) is 0. The minimum atomic E-state index is 0.0762. The predicted molar refractivity (Wildman–Crippen MR) is 96.0 cm³/mol. The summed E-state index contributed by atoms with van der Waals surface area (Å²) in [6.07, 6.45) is 1.80. The van der Waals surface area contributed by atoms with Gasteiger partial charge in [0.25, 0.3) is 0 Å². The van der Waals surface area contributed by atoms with E-state index in [2.05, 4.69) is 38.1 Å². The SMILES string of the molecule is Clc1nc(Cl)nc(-c2ccc(-c3cccc4cccnc34)cc2)n1. The van der Waals surface area contributed by atoms with Gasteiger partial charge in [0, 0.05) is 22.7 Å². The van der Waals surface area contributed by atoms with Gasteiger partial charge >= 0.3 is 0 Å². The van der Waals surface area contributed by atoms with E-state index in [4.69, 9.17) is 23.2 Å². The van der Waals surface area contributed by atoms with Crippen LogP contribution in [-0.4, -0.2) is 19.9 Å². The van der Waals surface area contributed by atoms with Gasteiger partial charge in [0.1, 0.15) is 0 Å². The van der Waals surface area contributed by atoms with Crippen LogP contribution in [0.4, 0.5) is 0 Å². The van der Waals surface area contributed by atoms with E-state index >= 15 is 0 Å². The van der Waals surface area contributed by atoms with Crippen molar-refractivity contribution in [2.45, 2.75) is 0 Å². The molecule has 0 spiro atoms. The summed E-state index contributed by atoms with van der Waals surface area (Å²) in [5, 5.41) is 1.26. The number of para-hydroxylation sites is 1. The van der Waals surface area contributed by atoms with E-state index in [0.717, 1.165) is 27.6 Å². The van der Waals surface area contributed by atoms with Crippen molar-refractivity contribution in [3.63, 3.8) is 0 Å². The molecule has 0 radical (unpaired) electrons. The lowest BCUT2D eigenvalue weighted by atomic mass is 10.0. The Labute approximate surface area is 148 Å². The molecule has 2 heterocycles. The molecule has 2 aromatic carbocycles. The molecule has 0 aliphatic heterocycles. The molecule has 0 unspecified atom stereocenters. The molecular formula is C18H10Cl2N4. The standard InChI is InChI=1S/C18H10Cl2N4/c19-17-22-16(23-18(20)24-17)13-8-6-11(7-9-13)14-5-1-3-12-4-2-10-21-15(12)14/h1-10H. The average molecular weight is 353 g/mol. The number of rotatable bonds is 2. The first-order chi connectivity index (χ1) is 11.7. The van der Waals surface area contributed by atoms with Crippen molar-refractivity contribution in [3.8, 4) is 22.5 Å². The van der Waals surface area contributed by atoms with E-state index in [1.54, 1.807) is 6.20 Å². The zero-order chi connectivity index (χ0) is 16.5. The fraction of sp³-hybridized carbons (Fsp3) is 0. The number of aromatic nitrogens is 4. The summed E-state index contributed by atoms with van der Waals surface area (Å²) >= 11 is 11.7. The van der Waals surface area contributed by atoms with Crippen molar-refractivity contribution in [1.29, 1.82) is 0 Å². The van der Waals surface area contributed by atoms with E-state index in [-0.39, 0.29) is 10.6 Å². The highest BCUT2D eigenvalue weighted by Crippen LogP contribution is 2.28. The van der Waals surface area contributed by atoms with Gasteiger partial charge in [0.05, 0.1) is 5.52 Å². The van der Waals surface area contributed by atoms with Crippen LogP contribution < -0.4 is 0 Å². The van der Waals surface area contributed by atoms with Gasteiger partial charge in [-0.2, -0.15) is 15.0 Å². The minimum absolute atomic E-state index is 0.0762. The molecule has 0 N–H and O–H groups in total. The van der Waals surface area contributed by atoms with Crippen LogP contribution in [0.3, 0.4) is 0 Å². The van der Waals surface area contributed by atoms with Gasteiger partial charge in [-0.05, 0) is 34.8 Å². The molecule has 0 bridgehead atoms. The van der Waals surface area contributed by atoms with E-state index in [0.29, 0.717) is 5.82 Å². The summed E-state index contributed by atoms with van der Waals surface area (Å²) in [4.78, 5) is 16.5. The number of nitrogens with zero attached hydrogens (tertiary/aromatic N) is 4. The van der Waals surface area contributed by atoms with Crippen LogP contribution in [0.1, 0.15) is 0 Å². The largest absolute Gasteiger partial charge is 0.256 e. The number of halogens is 2. The summed E-state index contributed by atoms with van der Waals surface area (Å²) < 4.78 is 0. The lowest BCUT2D eigenvalue weighted by Gasteiger charge is -2.07. The lowest BCUT2D eigenvalue weighted by Crippen LogP contribution is -1.93. The second-order valence-electron chi connectivity index (χ2n) is 5.16. The molecule has 0 saturated heterocycles. The van der Waals surface area contributed by atoms with Crippen LogP contribution in [0.25, 0.3) is 33.4 Å². The molecule has 24 heavy (non-hydrogen) atoms. The third-order valence-corrected chi connectivity index (χ3v) is 4.01. The highest BCUT2D eigenvalue weighted by Gasteiger charge is 2.08. The van der Waals surface area contributed by atoms with Gasteiger partial charge < -0.3 is 0 Å². The number of hydrogen-bond acceptors (Lipinski definition) is 4. The zero-order valence-electron chi connectivity index (χ0n) is 12.3. The third kappa shape index (κ3) is 2.82. The number of benzene rings is 2. The van der Waals surface area contributed by atoms with Gasteiger partial charge in [0.15, 0.2) is 5.82 Å². The van der Waals surface area contributed by atoms with Crippen molar-refractivity contribution in [2.24, 2.45) is 0 Å². The average Bonchev–Trinajstić information content (AvgIpc) is 2.60. The van der Waals surface area contributed by atoms with Crippen molar-refractivity contribution in [3.05, 3.63) is 71.4 Å². The second kappa shape index (κ2) is 6.15. The van der Waals surface area contributed by atoms with E-state index in [9.17, 15) is 0 Å². The van der Waals surface area contributed by atoms with Gasteiger partial charge in [-0.3, -0.25) is 4.98 Å². The van der Waals surface area contributed by atoms with E-state index in [1.807, 2.05) is 36.4 Å². The summed E-state index contributed by atoms with van der Waals surface area (Å²) in [5.41, 5.74) is 3.93. The van der Waals surface area contributed by atoms with Crippen molar-refractivity contribution in [1.82, 2.24) is 19.9 Å². The van der Waals surface area contributed by atoms with Crippen LogP contribution in [0.5, 0.6) is 0 Å². The molecule has 0 aliphatic rings. The molecule has 4 nitrogen and oxygen atoms in total. The minimum Gasteiger partial charge on any atom is -0.256 e. The monoisotopic (exact) mass is 352 g/mol. The summed E-state index contributed by atoms with van der Waals surface area (Å²) in [6, 6.07) is 18.0. The topological polar surface area (TPSA) is 51.6 Å². The summed E-state index contributed by atoms with van der Waals surface area (Å²) in [6.45, 7) is 0. The Kier molecular flexibility index (Phi) is 3.84. The van der Waals surface area contributed by atoms with Gasteiger partial charge in [-0.15, -0.1) is 0 Å². The Morgan fingerprint density at radius 3 is 2.08 bits per heavy atom. The predicted octanol–water partition coefficient (Wildman–Crippen LogP) is 5.06. The van der Waals surface area contributed by atoms with Crippen LogP contribution in [0.15, 0.2) is 60.8 Å². The molecular weight excluding hydrogens is 343 g/mol. The highest BCUT2D eigenvalue weighted by molar-refractivity contribution is 6.31. The lowest BCUT2D eigenvalue weighted by molar-refractivity contribution is 1.06. The smallest absolute Gasteiger partial charge is 0.227 e. The molecule has 0 aliphatic carbocycles. The maximum absolute atomic E-state index is 5.84. The zero-order valence-corrected chi connectivity index (χ0v) is 13.8. The number of fused-ring (bicyclic) bond motifs is 1. The highest BCUT2D eigenvalue weighted by atomic mass is 35.5. The molecule has 4 rings (SSSR count). The maximum atomic E-state index is 5.84. The Morgan fingerprint density at radius 1 is 0.667 bits per heavy atom. The first-order valence-electron chi connectivity index (χ1n) is 7.22. The van der Waals surface area contributed by atoms with Crippen LogP contribution in [-0.2, 0) is 0 Å². The Balaban J connectivity index is 1.78. The van der Waals surface area contributed by atoms with Crippen molar-refractivity contribution >= 4 is 34.1 Å². The molecule has 4 aromatic rings. The van der Waals surface area contributed by atoms with Crippen molar-refractivity contribution < 1.29 is 0 Å². The Hall–Kier alpha value is -2.56. The third-order valence-electron chi connectivity index (χ3n) is 3.67. The van der Waals surface area contributed by atoms with E-state index in [1.165, 1.54) is 0 Å². The van der Waals surface area contributed by atoms with Crippen molar-refractivity contribution in [2.75, 3.05) is 0 Å². The first kappa shape index (κ1) is 15.0. The molecule has 116 valence electrons. The molecule has 2 aromatic heterocycles. The van der Waals surface area contributed by atoms with Crippen LogP contribution >= 0.6 is 23.2 Å². The fourth-order valence-corrected chi connectivity index (χ4v) is 2.95. The fourth-order valence-electron chi connectivity index (χ4n) is 2.59. The normalized spacial score (nSPS) is 10.9. The molecule has 0 saturated carbocycles. The quantitative estimate of drug-likeness (QED) is 0.505. The Bertz CT molecular complexity index is 1010. The second-order valence-corrected chi connectivity index (χ2v) is 5.83. The van der Waals surface area contributed by atoms with Gasteiger partial charge in [-0.1, -0.05) is 48.5 Å². The molecule has 6 heteroatoms. The van der Waals surface area contributed by atoms with Gasteiger partial charge in [0.2, 0.25) is 10.6 Å².